The molecule has 0 bridgehead atoms. The predicted molar refractivity (Wildman–Crippen MR) is 65.1 cm³/mol. The maximum absolute atomic E-state index is 6.10. The van der Waals surface area contributed by atoms with Gasteiger partial charge in [0.05, 0.1) is 0 Å². The zero-order valence-electron chi connectivity index (χ0n) is 9.17. The van der Waals surface area contributed by atoms with Crippen LogP contribution in [0.1, 0.15) is 31.7 Å². The van der Waals surface area contributed by atoms with Crippen molar-refractivity contribution in [1.29, 1.82) is 0 Å². The molecule has 1 aromatic rings. The van der Waals surface area contributed by atoms with E-state index in [1.807, 2.05) is 18.2 Å². The standard InChI is InChI=1S/C13H18ClN/c1-10(11-6-4-7-11)15-9-12-5-2-3-8-13(12)14/h2-3,5,8,10-11,15H,4,6-7,9H2,1H3. The number of halogens is 1. The lowest BCUT2D eigenvalue weighted by Crippen LogP contribution is -2.36. The first-order chi connectivity index (χ1) is 7.27. The highest BCUT2D eigenvalue weighted by Gasteiger charge is 2.23. The van der Waals surface area contributed by atoms with Gasteiger partial charge in [-0.05, 0) is 37.3 Å². The smallest absolute Gasteiger partial charge is 0.0450 e. The highest BCUT2D eigenvalue weighted by atomic mass is 35.5. The van der Waals surface area contributed by atoms with Gasteiger partial charge in [-0.2, -0.15) is 0 Å². The molecule has 0 aliphatic heterocycles. The highest BCUT2D eigenvalue weighted by Crippen LogP contribution is 2.29. The molecule has 0 saturated heterocycles. The summed E-state index contributed by atoms with van der Waals surface area (Å²) in [7, 11) is 0. The first-order valence-corrected chi connectivity index (χ1v) is 6.12. The first-order valence-electron chi connectivity index (χ1n) is 5.74. The number of benzene rings is 1. The monoisotopic (exact) mass is 223 g/mol. The summed E-state index contributed by atoms with van der Waals surface area (Å²) in [6.45, 7) is 3.16. The Morgan fingerprint density at radius 2 is 2.13 bits per heavy atom. The van der Waals surface area contributed by atoms with Crippen molar-refractivity contribution < 1.29 is 0 Å². The Bertz CT molecular complexity index is 320. The summed E-state index contributed by atoms with van der Waals surface area (Å²) in [5.74, 6) is 0.882. The van der Waals surface area contributed by atoms with Crippen LogP contribution in [-0.2, 0) is 6.54 Å². The summed E-state index contributed by atoms with van der Waals surface area (Å²) in [4.78, 5) is 0. The Hall–Kier alpha value is -0.530. The molecular weight excluding hydrogens is 206 g/mol. The fourth-order valence-corrected chi connectivity index (χ4v) is 2.22. The third kappa shape index (κ3) is 2.73. The van der Waals surface area contributed by atoms with E-state index in [1.54, 1.807) is 0 Å². The fourth-order valence-electron chi connectivity index (χ4n) is 2.02. The van der Waals surface area contributed by atoms with Gasteiger partial charge in [-0.25, -0.2) is 0 Å². The minimum atomic E-state index is 0.620. The summed E-state index contributed by atoms with van der Waals surface area (Å²) >= 11 is 6.10. The quantitative estimate of drug-likeness (QED) is 0.822. The van der Waals surface area contributed by atoms with E-state index in [0.29, 0.717) is 6.04 Å². The molecule has 1 aliphatic carbocycles. The van der Waals surface area contributed by atoms with Crippen molar-refractivity contribution in [2.24, 2.45) is 5.92 Å². The Morgan fingerprint density at radius 1 is 1.40 bits per heavy atom. The lowest BCUT2D eigenvalue weighted by molar-refractivity contribution is 0.240. The molecule has 0 amide bonds. The van der Waals surface area contributed by atoms with E-state index in [0.717, 1.165) is 17.5 Å². The average Bonchev–Trinajstić information content (AvgIpc) is 2.14. The van der Waals surface area contributed by atoms with Crippen molar-refractivity contribution in [2.75, 3.05) is 0 Å². The van der Waals surface area contributed by atoms with Crippen LogP contribution in [0.4, 0.5) is 0 Å². The van der Waals surface area contributed by atoms with Crippen LogP contribution in [0.25, 0.3) is 0 Å². The van der Waals surface area contributed by atoms with Gasteiger partial charge in [-0.15, -0.1) is 0 Å². The van der Waals surface area contributed by atoms with Crippen molar-refractivity contribution in [3.05, 3.63) is 34.9 Å². The zero-order valence-corrected chi connectivity index (χ0v) is 9.93. The van der Waals surface area contributed by atoms with Gasteiger partial charge in [0.2, 0.25) is 0 Å². The van der Waals surface area contributed by atoms with E-state index in [4.69, 9.17) is 11.6 Å². The van der Waals surface area contributed by atoms with E-state index in [9.17, 15) is 0 Å². The van der Waals surface area contributed by atoms with E-state index in [-0.39, 0.29) is 0 Å². The first kappa shape index (κ1) is 11.0. The molecule has 1 nitrogen and oxygen atoms in total. The molecule has 0 aromatic heterocycles. The molecular formula is C13H18ClN. The minimum absolute atomic E-state index is 0.620. The van der Waals surface area contributed by atoms with Gasteiger partial charge in [0, 0.05) is 17.6 Å². The van der Waals surface area contributed by atoms with Crippen LogP contribution in [0.5, 0.6) is 0 Å². The molecule has 0 heterocycles. The lowest BCUT2D eigenvalue weighted by atomic mass is 9.80. The van der Waals surface area contributed by atoms with Crippen molar-refractivity contribution in [3.63, 3.8) is 0 Å². The molecule has 2 rings (SSSR count). The van der Waals surface area contributed by atoms with E-state index >= 15 is 0 Å². The number of nitrogens with one attached hydrogen (secondary N) is 1. The summed E-state index contributed by atoms with van der Waals surface area (Å²) in [5.41, 5.74) is 1.20. The predicted octanol–water partition coefficient (Wildman–Crippen LogP) is 3.62. The van der Waals surface area contributed by atoms with Crippen molar-refractivity contribution in [2.45, 2.75) is 38.8 Å². The van der Waals surface area contributed by atoms with Crippen molar-refractivity contribution >= 4 is 11.6 Å². The number of rotatable bonds is 4. The second-order valence-electron chi connectivity index (χ2n) is 4.45. The van der Waals surface area contributed by atoms with Gasteiger partial charge in [0.25, 0.3) is 0 Å². The fraction of sp³-hybridized carbons (Fsp3) is 0.538. The summed E-state index contributed by atoms with van der Waals surface area (Å²) in [6.07, 6.45) is 4.18. The second-order valence-corrected chi connectivity index (χ2v) is 4.86. The van der Waals surface area contributed by atoms with Gasteiger partial charge >= 0.3 is 0 Å². The molecule has 0 spiro atoms. The van der Waals surface area contributed by atoms with E-state index in [2.05, 4.69) is 18.3 Å². The molecule has 1 fully saturated rings. The van der Waals surface area contributed by atoms with Gasteiger partial charge in [-0.3, -0.25) is 0 Å². The third-order valence-corrected chi connectivity index (χ3v) is 3.80. The van der Waals surface area contributed by atoms with Crippen LogP contribution < -0.4 is 5.32 Å². The Kier molecular flexibility index (Phi) is 3.66. The van der Waals surface area contributed by atoms with Crippen molar-refractivity contribution in [1.82, 2.24) is 5.32 Å². The van der Waals surface area contributed by atoms with Gasteiger partial charge in [-0.1, -0.05) is 36.2 Å². The average molecular weight is 224 g/mol. The topological polar surface area (TPSA) is 12.0 Å². The minimum Gasteiger partial charge on any atom is -0.310 e. The summed E-state index contributed by atoms with van der Waals surface area (Å²) in [5, 5.41) is 4.42. The maximum atomic E-state index is 6.10. The summed E-state index contributed by atoms with van der Waals surface area (Å²) < 4.78 is 0. The molecule has 0 radical (unpaired) electrons. The van der Waals surface area contributed by atoms with E-state index in [1.165, 1.54) is 24.8 Å². The molecule has 1 unspecified atom stereocenters. The van der Waals surface area contributed by atoms with Gasteiger partial charge < -0.3 is 5.32 Å². The van der Waals surface area contributed by atoms with Crippen LogP contribution in [0.3, 0.4) is 0 Å². The lowest BCUT2D eigenvalue weighted by Gasteiger charge is -2.32. The highest BCUT2D eigenvalue weighted by molar-refractivity contribution is 6.31. The molecule has 1 aromatic carbocycles. The Morgan fingerprint density at radius 3 is 2.73 bits per heavy atom. The largest absolute Gasteiger partial charge is 0.310 e. The Balaban J connectivity index is 1.84. The van der Waals surface area contributed by atoms with Crippen molar-refractivity contribution in [3.8, 4) is 0 Å². The molecule has 1 N–H and O–H groups in total. The SMILES string of the molecule is CC(NCc1ccccc1Cl)C1CCC1. The third-order valence-electron chi connectivity index (χ3n) is 3.43. The molecule has 15 heavy (non-hydrogen) atoms. The number of hydrogen-bond donors (Lipinski definition) is 1. The van der Waals surface area contributed by atoms with Crippen LogP contribution in [0.2, 0.25) is 5.02 Å². The number of hydrogen-bond acceptors (Lipinski definition) is 1. The molecule has 2 heteroatoms. The molecule has 1 saturated carbocycles. The normalized spacial score (nSPS) is 18.5. The van der Waals surface area contributed by atoms with Crippen LogP contribution in [0.15, 0.2) is 24.3 Å². The summed E-state index contributed by atoms with van der Waals surface area (Å²) in [6, 6.07) is 8.67. The van der Waals surface area contributed by atoms with E-state index < -0.39 is 0 Å². The Labute approximate surface area is 96.8 Å². The van der Waals surface area contributed by atoms with Gasteiger partial charge in [0.15, 0.2) is 0 Å². The molecule has 82 valence electrons. The second kappa shape index (κ2) is 5.00. The van der Waals surface area contributed by atoms with Crippen LogP contribution in [-0.4, -0.2) is 6.04 Å². The van der Waals surface area contributed by atoms with Gasteiger partial charge in [0.1, 0.15) is 0 Å². The maximum Gasteiger partial charge on any atom is 0.0450 e. The molecule has 1 aliphatic rings. The zero-order chi connectivity index (χ0) is 10.7. The van der Waals surface area contributed by atoms with Crippen LogP contribution >= 0.6 is 11.6 Å². The van der Waals surface area contributed by atoms with Crippen LogP contribution in [0, 0.1) is 5.92 Å². The molecule has 1 atom stereocenters.